The summed E-state index contributed by atoms with van der Waals surface area (Å²) in [6, 6.07) is 7.04. The first-order valence-corrected chi connectivity index (χ1v) is 11.9. The van der Waals surface area contributed by atoms with Gasteiger partial charge in [-0.25, -0.2) is 5.01 Å². The predicted octanol–water partition coefficient (Wildman–Crippen LogP) is 6.10. The van der Waals surface area contributed by atoms with Crippen LogP contribution >= 0.6 is 36.2 Å². The van der Waals surface area contributed by atoms with E-state index in [2.05, 4.69) is 46.3 Å². The van der Waals surface area contributed by atoms with Crippen molar-refractivity contribution in [3.8, 4) is 11.5 Å². The number of hydrogen-bond donors (Lipinski definition) is 1. The molecule has 0 spiro atoms. The van der Waals surface area contributed by atoms with Crippen LogP contribution in [0.15, 0.2) is 29.0 Å². The van der Waals surface area contributed by atoms with Crippen LogP contribution in [0, 0.1) is 0 Å². The van der Waals surface area contributed by atoms with Crippen molar-refractivity contribution in [1.82, 2.24) is 10.4 Å². The van der Waals surface area contributed by atoms with Gasteiger partial charge in [0.2, 0.25) is 0 Å². The van der Waals surface area contributed by atoms with Gasteiger partial charge >= 0.3 is 0 Å². The second-order valence-corrected chi connectivity index (χ2v) is 8.66. The Morgan fingerprint density at radius 3 is 2.61 bits per heavy atom. The summed E-state index contributed by atoms with van der Waals surface area (Å²) in [5.41, 5.74) is 7.92. The van der Waals surface area contributed by atoms with Gasteiger partial charge in [0, 0.05) is 24.7 Å². The number of benzene rings is 1. The maximum atomic E-state index is 5.68. The number of rotatable bonds is 12. The van der Waals surface area contributed by atoms with E-state index >= 15 is 0 Å². The molecule has 1 heterocycles. The van der Waals surface area contributed by atoms with Gasteiger partial charge in [0.1, 0.15) is 0 Å². The Bertz CT molecular complexity index is 743. The smallest absolute Gasteiger partial charge is 0.164 e. The number of nitrogens with one attached hydrogen (secondary N) is 1. The van der Waals surface area contributed by atoms with E-state index in [1.165, 1.54) is 42.4 Å². The Morgan fingerprint density at radius 2 is 1.94 bits per heavy atom. The molecule has 0 radical (unpaired) electrons. The zero-order valence-corrected chi connectivity index (χ0v) is 21.5. The first kappa shape index (κ1) is 28.1. The summed E-state index contributed by atoms with van der Waals surface area (Å²) in [6.45, 7) is 4.40. The van der Waals surface area contributed by atoms with Crippen molar-refractivity contribution in [2.75, 3.05) is 27.3 Å². The molecule has 1 aliphatic rings. The molecule has 31 heavy (non-hydrogen) atoms. The number of methoxy groups -OCH3 is 2. The van der Waals surface area contributed by atoms with E-state index in [0.717, 1.165) is 50.3 Å². The first-order chi connectivity index (χ1) is 14.3. The van der Waals surface area contributed by atoms with Crippen LogP contribution in [0.25, 0.3) is 0 Å². The quantitative estimate of drug-likeness (QED) is 0.289. The number of halogens is 2. The van der Waals surface area contributed by atoms with Crippen LogP contribution in [0.4, 0.5) is 0 Å². The summed E-state index contributed by atoms with van der Waals surface area (Å²) in [6.07, 6.45) is 9.52. The molecule has 7 heteroatoms. The molecule has 1 unspecified atom stereocenters. The molecule has 3 rings (SSSR count). The van der Waals surface area contributed by atoms with Gasteiger partial charge < -0.3 is 9.47 Å². The number of nitrogens with zero attached hydrogens (tertiary/aromatic N) is 1. The summed E-state index contributed by atoms with van der Waals surface area (Å²) in [4.78, 5) is 0. The topological polar surface area (TPSA) is 33.7 Å². The molecular weight excluding hydrogens is 451 g/mol. The van der Waals surface area contributed by atoms with Crippen molar-refractivity contribution in [2.24, 2.45) is 0 Å². The Balaban J connectivity index is 0.00000240. The molecule has 1 aromatic heterocycles. The molecule has 0 saturated carbocycles. The zero-order valence-electron chi connectivity index (χ0n) is 19.0. The lowest BCUT2D eigenvalue weighted by molar-refractivity contribution is 0.109. The molecule has 1 N–H and O–H groups in total. The van der Waals surface area contributed by atoms with Gasteiger partial charge in [-0.05, 0) is 66.1 Å². The van der Waals surface area contributed by atoms with Crippen molar-refractivity contribution >= 4 is 36.2 Å². The summed E-state index contributed by atoms with van der Waals surface area (Å²) >= 11 is 1.78. The van der Waals surface area contributed by atoms with Crippen molar-refractivity contribution in [3.05, 3.63) is 45.6 Å². The van der Waals surface area contributed by atoms with Gasteiger partial charge in [-0.1, -0.05) is 32.3 Å². The number of hydrogen-bond acceptors (Lipinski definition) is 5. The SMILES string of the molecule is CCCCCCN(NCCc1ccsc1)C1CCc2c(ccc(OC)c2OC)C1.Cl.Cl. The van der Waals surface area contributed by atoms with E-state index in [-0.39, 0.29) is 24.8 Å². The second-order valence-electron chi connectivity index (χ2n) is 7.88. The summed E-state index contributed by atoms with van der Waals surface area (Å²) in [5.74, 6) is 1.76. The fourth-order valence-electron chi connectivity index (χ4n) is 4.31. The molecule has 0 amide bonds. The number of thiophene rings is 1. The highest BCUT2D eigenvalue weighted by Crippen LogP contribution is 2.38. The van der Waals surface area contributed by atoms with E-state index in [0.29, 0.717) is 6.04 Å². The molecule has 0 bridgehead atoms. The second kappa shape index (κ2) is 15.0. The van der Waals surface area contributed by atoms with Crippen LogP contribution in [0.1, 0.15) is 55.7 Å². The van der Waals surface area contributed by atoms with Crippen molar-refractivity contribution in [1.29, 1.82) is 0 Å². The Labute approximate surface area is 204 Å². The average molecular weight is 490 g/mol. The standard InChI is InChI=1S/C24H36N2O2S.2ClH/c1-4-5-6-7-15-26(25-14-12-19-13-16-29-18-19)21-9-10-22-20(17-21)8-11-23(27-2)24(22)28-3;;/h8,11,13,16,18,21,25H,4-7,9-10,12,14-15,17H2,1-3H3;2*1H. The van der Waals surface area contributed by atoms with Crippen LogP contribution in [0.2, 0.25) is 0 Å². The fourth-order valence-corrected chi connectivity index (χ4v) is 5.01. The van der Waals surface area contributed by atoms with Gasteiger partial charge in [0.25, 0.3) is 0 Å². The lowest BCUT2D eigenvalue weighted by Crippen LogP contribution is -2.49. The molecule has 2 aromatic rings. The van der Waals surface area contributed by atoms with E-state index in [1.807, 2.05) is 0 Å². The highest BCUT2D eigenvalue weighted by atomic mass is 35.5. The largest absolute Gasteiger partial charge is 0.493 e. The third-order valence-corrected chi connectivity index (χ3v) is 6.66. The maximum absolute atomic E-state index is 5.68. The van der Waals surface area contributed by atoms with Gasteiger partial charge in [-0.2, -0.15) is 11.3 Å². The molecule has 1 aliphatic carbocycles. The molecular formula is C24H38Cl2N2O2S. The van der Waals surface area contributed by atoms with Crippen LogP contribution in [0.5, 0.6) is 11.5 Å². The Kier molecular flexibility index (Phi) is 13.5. The third kappa shape index (κ3) is 7.83. The van der Waals surface area contributed by atoms with Gasteiger partial charge in [0.05, 0.1) is 14.2 Å². The predicted molar refractivity (Wildman–Crippen MR) is 137 cm³/mol. The summed E-state index contributed by atoms with van der Waals surface area (Å²) < 4.78 is 11.2. The minimum absolute atomic E-state index is 0. The molecule has 0 aliphatic heterocycles. The highest BCUT2D eigenvalue weighted by molar-refractivity contribution is 7.07. The molecule has 4 nitrogen and oxygen atoms in total. The lowest BCUT2D eigenvalue weighted by Gasteiger charge is -2.36. The van der Waals surface area contributed by atoms with E-state index in [9.17, 15) is 0 Å². The van der Waals surface area contributed by atoms with Crippen molar-refractivity contribution < 1.29 is 9.47 Å². The van der Waals surface area contributed by atoms with Gasteiger partial charge in [-0.15, -0.1) is 24.8 Å². The fraction of sp³-hybridized carbons (Fsp3) is 0.583. The number of fused-ring (bicyclic) bond motifs is 1. The molecule has 0 saturated heterocycles. The summed E-state index contributed by atoms with van der Waals surface area (Å²) in [5, 5.41) is 6.95. The molecule has 0 fully saturated rings. The number of hydrazine groups is 1. The molecule has 1 atom stereocenters. The maximum Gasteiger partial charge on any atom is 0.164 e. The van der Waals surface area contributed by atoms with Gasteiger partial charge in [0.15, 0.2) is 11.5 Å². The highest BCUT2D eigenvalue weighted by Gasteiger charge is 2.27. The van der Waals surface area contributed by atoms with Crippen molar-refractivity contribution in [3.63, 3.8) is 0 Å². The van der Waals surface area contributed by atoms with Crippen LogP contribution < -0.4 is 14.9 Å². The first-order valence-electron chi connectivity index (χ1n) is 11.0. The van der Waals surface area contributed by atoms with E-state index in [4.69, 9.17) is 9.47 Å². The average Bonchev–Trinajstić information content (AvgIpc) is 3.27. The monoisotopic (exact) mass is 488 g/mol. The van der Waals surface area contributed by atoms with Crippen molar-refractivity contribution in [2.45, 2.75) is 64.3 Å². The third-order valence-electron chi connectivity index (χ3n) is 5.93. The van der Waals surface area contributed by atoms with Crippen LogP contribution in [0.3, 0.4) is 0 Å². The lowest BCUT2D eigenvalue weighted by atomic mass is 9.87. The minimum Gasteiger partial charge on any atom is -0.493 e. The number of ether oxygens (including phenoxy) is 2. The number of unbranched alkanes of at least 4 members (excludes halogenated alkanes) is 3. The van der Waals surface area contributed by atoms with Crippen LogP contribution in [-0.4, -0.2) is 38.4 Å². The normalized spacial score (nSPS) is 15.0. The Morgan fingerprint density at radius 1 is 1.10 bits per heavy atom. The molecule has 1 aromatic carbocycles. The zero-order chi connectivity index (χ0) is 20.5. The summed E-state index contributed by atoms with van der Waals surface area (Å²) in [7, 11) is 3.46. The molecule has 176 valence electrons. The minimum atomic E-state index is 0. The van der Waals surface area contributed by atoms with Gasteiger partial charge in [-0.3, -0.25) is 5.43 Å². The Hall–Kier alpha value is -0.980. The van der Waals surface area contributed by atoms with E-state index < -0.39 is 0 Å². The van der Waals surface area contributed by atoms with Crippen LogP contribution in [-0.2, 0) is 19.3 Å². The van der Waals surface area contributed by atoms with E-state index in [1.54, 1.807) is 25.6 Å².